The largest absolute Gasteiger partial charge is 0.299 e. The summed E-state index contributed by atoms with van der Waals surface area (Å²) in [5, 5.41) is 0. The molecule has 0 bridgehead atoms. The Morgan fingerprint density at radius 1 is 1.60 bits per heavy atom. The lowest BCUT2D eigenvalue weighted by Gasteiger charge is -2.37. The highest BCUT2D eigenvalue weighted by Gasteiger charge is 2.37. The van der Waals surface area contributed by atoms with Gasteiger partial charge in [-0.25, -0.2) is 0 Å². The van der Waals surface area contributed by atoms with E-state index in [2.05, 4.69) is 36.7 Å². The lowest BCUT2D eigenvalue weighted by atomic mass is 9.66. The van der Waals surface area contributed by atoms with Crippen molar-refractivity contribution in [2.24, 2.45) is 11.3 Å². The molecule has 0 N–H and O–H groups in total. The average Bonchev–Trinajstić information content (AvgIpc) is 2.15. The lowest BCUT2D eigenvalue weighted by Crippen LogP contribution is -2.35. The van der Waals surface area contributed by atoms with Gasteiger partial charge in [0.05, 0.1) is 0 Å². The van der Waals surface area contributed by atoms with Crippen LogP contribution in [-0.2, 0) is 4.79 Å². The molecule has 0 radical (unpaired) electrons. The van der Waals surface area contributed by atoms with Crippen molar-refractivity contribution in [1.29, 1.82) is 0 Å². The Hall–Kier alpha value is -0.110. The SMILES string of the molecule is C/C(=C\Br)CCC1C(=O)CCCC1(C)C. The minimum atomic E-state index is 0.210. The minimum absolute atomic E-state index is 0.210. The van der Waals surface area contributed by atoms with Crippen LogP contribution in [0.2, 0.25) is 0 Å². The second-order valence-corrected chi connectivity index (χ2v) is 5.81. The van der Waals surface area contributed by atoms with Gasteiger partial charge < -0.3 is 0 Å². The maximum atomic E-state index is 11.9. The van der Waals surface area contributed by atoms with Gasteiger partial charge in [0.2, 0.25) is 0 Å². The molecule has 0 aromatic rings. The minimum Gasteiger partial charge on any atom is -0.299 e. The molecule has 0 amide bonds. The van der Waals surface area contributed by atoms with E-state index in [0.29, 0.717) is 5.78 Å². The van der Waals surface area contributed by atoms with Crippen LogP contribution in [0.4, 0.5) is 0 Å². The van der Waals surface area contributed by atoms with Gasteiger partial charge in [0, 0.05) is 12.3 Å². The van der Waals surface area contributed by atoms with Crippen LogP contribution in [0, 0.1) is 11.3 Å². The van der Waals surface area contributed by atoms with Crippen molar-refractivity contribution >= 4 is 21.7 Å². The van der Waals surface area contributed by atoms with E-state index in [1.165, 1.54) is 12.0 Å². The molecule has 86 valence electrons. The summed E-state index contributed by atoms with van der Waals surface area (Å²) in [5.41, 5.74) is 1.53. The molecular weight excluding hydrogens is 252 g/mol. The summed E-state index contributed by atoms with van der Waals surface area (Å²) >= 11 is 3.34. The number of carbonyl (C=O) groups is 1. The van der Waals surface area contributed by atoms with E-state index < -0.39 is 0 Å². The molecule has 15 heavy (non-hydrogen) atoms. The van der Waals surface area contributed by atoms with E-state index in [9.17, 15) is 4.79 Å². The predicted octanol–water partition coefficient (Wildman–Crippen LogP) is 4.46. The number of Topliss-reactive ketones (excluding diaryl/α,β-unsaturated/α-hetero) is 1. The maximum absolute atomic E-state index is 11.9. The van der Waals surface area contributed by atoms with E-state index in [-0.39, 0.29) is 11.3 Å². The Labute approximate surface area is 101 Å². The Kier molecular flexibility index (Phi) is 4.57. The predicted molar refractivity (Wildman–Crippen MR) is 68.0 cm³/mol. The standard InChI is InChI=1S/C13H21BrO/c1-10(9-14)6-7-11-12(15)5-4-8-13(11,2)3/h9,11H,4-8H2,1-3H3/b10-9+. The first kappa shape index (κ1) is 13.0. The molecule has 1 nitrogen and oxygen atoms in total. The Balaban J connectivity index is 2.60. The summed E-state index contributed by atoms with van der Waals surface area (Å²) in [7, 11) is 0. The number of hydrogen-bond donors (Lipinski definition) is 0. The highest BCUT2D eigenvalue weighted by Crippen LogP contribution is 2.41. The monoisotopic (exact) mass is 272 g/mol. The second-order valence-electron chi connectivity index (χ2n) is 5.36. The molecule has 0 heterocycles. The topological polar surface area (TPSA) is 17.1 Å². The fourth-order valence-electron chi connectivity index (χ4n) is 2.48. The summed E-state index contributed by atoms with van der Waals surface area (Å²) in [6.45, 7) is 6.58. The highest BCUT2D eigenvalue weighted by molar-refractivity contribution is 9.11. The number of hydrogen-bond acceptors (Lipinski definition) is 1. The van der Waals surface area contributed by atoms with Crippen molar-refractivity contribution in [3.63, 3.8) is 0 Å². The average molecular weight is 273 g/mol. The fraction of sp³-hybridized carbons (Fsp3) is 0.769. The van der Waals surface area contributed by atoms with E-state index in [0.717, 1.165) is 25.7 Å². The molecule has 0 saturated heterocycles. The molecular formula is C13H21BrO. The molecule has 1 aliphatic carbocycles. The van der Waals surface area contributed by atoms with Crippen LogP contribution < -0.4 is 0 Å². The summed E-state index contributed by atoms with van der Waals surface area (Å²) in [6, 6.07) is 0. The van der Waals surface area contributed by atoms with Crippen LogP contribution in [0.3, 0.4) is 0 Å². The van der Waals surface area contributed by atoms with Gasteiger partial charge in [-0.05, 0) is 43.0 Å². The third kappa shape index (κ3) is 3.44. The molecule has 0 aliphatic heterocycles. The smallest absolute Gasteiger partial charge is 0.136 e. The summed E-state index contributed by atoms with van der Waals surface area (Å²) < 4.78 is 0. The zero-order valence-electron chi connectivity index (χ0n) is 9.98. The van der Waals surface area contributed by atoms with Crippen molar-refractivity contribution in [3.05, 3.63) is 10.6 Å². The van der Waals surface area contributed by atoms with E-state index in [1.807, 2.05) is 4.99 Å². The third-order valence-electron chi connectivity index (χ3n) is 3.59. The van der Waals surface area contributed by atoms with Crippen LogP contribution >= 0.6 is 15.9 Å². The van der Waals surface area contributed by atoms with Gasteiger partial charge >= 0.3 is 0 Å². The van der Waals surface area contributed by atoms with Crippen molar-refractivity contribution < 1.29 is 4.79 Å². The van der Waals surface area contributed by atoms with Crippen LogP contribution in [0.1, 0.15) is 52.9 Å². The zero-order chi connectivity index (χ0) is 11.5. The van der Waals surface area contributed by atoms with Crippen LogP contribution in [0.15, 0.2) is 10.6 Å². The number of ketones is 1. The van der Waals surface area contributed by atoms with Crippen LogP contribution in [-0.4, -0.2) is 5.78 Å². The van der Waals surface area contributed by atoms with E-state index >= 15 is 0 Å². The zero-order valence-corrected chi connectivity index (χ0v) is 11.6. The van der Waals surface area contributed by atoms with E-state index in [4.69, 9.17) is 0 Å². The quantitative estimate of drug-likeness (QED) is 0.742. The first-order valence-electron chi connectivity index (χ1n) is 5.76. The Morgan fingerprint density at radius 2 is 2.27 bits per heavy atom. The van der Waals surface area contributed by atoms with Gasteiger partial charge in [-0.3, -0.25) is 4.79 Å². The number of rotatable bonds is 3. The highest BCUT2D eigenvalue weighted by atomic mass is 79.9. The van der Waals surface area contributed by atoms with Crippen LogP contribution in [0.25, 0.3) is 0 Å². The fourth-order valence-corrected chi connectivity index (χ4v) is 2.71. The lowest BCUT2D eigenvalue weighted by molar-refractivity contribution is -0.129. The van der Waals surface area contributed by atoms with Crippen molar-refractivity contribution in [2.75, 3.05) is 0 Å². The van der Waals surface area contributed by atoms with Gasteiger partial charge in [-0.2, -0.15) is 0 Å². The number of allylic oxidation sites excluding steroid dienone is 1. The molecule has 1 atom stereocenters. The summed E-state index contributed by atoms with van der Waals surface area (Å²) in [5.74, 6) is 0.752. The third-order valence-corrected chi connectivity index (χ3v) is 4.37. The molecule has 1 rings (SSSR count). The maximum Gasteiger partial charge on any atom is 0.136 e. The van der Waals surface area contributed by atoms with Crippen molar-refractivity contribution in [3.8, 4) is 0 Å². The molecule has 1 fully saturated rings. The molecule has 2 heteroatoms. The van der Waals surface area contributed by atoms with Gasteiger partial charge in [-0.1, -0.05) is 35.4 Å². The first-order valence-corrected chi connectivity index (χ1v) is 6.67. The van der Waals surface area contributed by atoms with Gasteiger partial charge in [0.25, 0.3) is 0 Å². The van der Waals surface area contributed by atoms with Crippen molar-refractivity contribution in [2.45, 2.75) is 52.9 Å². The first-order chi connectivity index (χ1) is 6.97. The van der Waals surface area contributed by atoms with Gasteiger partial charge in [0.15, 0.2) is 0 Å². The Bertz CT molecular complexity index is 266. The normalized spacial score (nSPS) is 26.8. The van der Waals surface area contributed by atoms with Crippen LogP contribution in [0.5, 0.6) is 0 Å². The molecule has 0 aromatic carbocycles. The van der Waals surface area contributed by atoms with Gasteiger partial charge in [0.1, 0.15) is 5.78 Å². The summed E-state index contributed by atoms with van der Waals surface area (Å²) in [6.07, 6.45) is 5.12. The Morgan fingerprint density at radius 3 is 2.80 bits per heavy atom. The second kappa shape index (κ2) is 5.29. The molecule has 1 aliphatic rings. The van der Waals surface area contributed by atoms with E-state index in [1.54, 1.807) is 0 Å². The molecule has 0 spiro atoms. The molecule has 1 unspecified atom stereocenters. The number of carbonyl (C=O) groups excluding carboxylic acids is 1. The van der Waals surface area contributed by atoms with Gasteiger partial charge in [-0.15, -0.1) is 0 Å². The summed E-state index contributed by atoms with van der Waals surface area (Å²) in [4.78, 5) is 13.8. The molecule has 0 aromatic heterocycles. The van der Waals surface area contributed by atoms with Crippen molar-refractivity contribution in [1.82, 2.24) is 0 Å². The number of halogens is 1. The molecule has 1 saturated carbocycles.